The van der Waals surface area contributed by atoms with Crippen LogP contribution in [0.2, 0.25) is 0 Å². The molecule has 0 heterocycles. The summed E-state index contributed by atoms with van der Waals surface area (Å²) in [5, 5.41) is 9.15. The maximum absolute atomic E-state index is 9.15. The molecule has 0 aliphatic heterocycles. The highest BCUT2D eigenvalue weighted by Gasteiger charge is 2.31. The quantitative estimate of drug-likeness (QED) is 0.395. The van der Waals surface area contributed by atoms with E-state index in [1.165, 1.54) is 40.7 Å². The minimum absolute atomic E-state index is 0.0196. The van der Waals surface area contributed by atoms with Gasteiger partial charge in [0, 0.05) is 12.0 Å². The molecule has 29 heavy (non-hydrogen) atoms. The molecule has 2 aromatic rings. The van der Waals surface area contributed by atoms with Crippen LogP contribution in [0, 0.1) is 13.8 Å². The van der Waals surface area contributed by atoms with E-state index in [9.17, 15) is 0 Å². The minimum atomic E-state index is 0.0196. The van der Waals surface area contributed by atoms with E-state index in [0.717, 1.165) is 44.5 Å². The van der Waals surface area contributed by atoms with Gasteiger partial charge in [-0.1, -0.05) is 63.9 Å². The van der Waals surface area contributed by atoms with Crippen LogP contribution in [0.4, 0.5) is 0 Å². The first-order valence-electron chi connectivity index (χ1n) is 11.5. The zero-order chi connectivity index (χ0) is 21.3. The number of unbranched alkanes of at least 4 members (excludes halogenated alkanes) is 2. The van der Waals surface area contributed by atoms with Crippen molar-refractivity contribution in [3.8, 4) is 5.75 Å². The van der Waals surface area contributed by atoms with Gasteiger partial charge in [-0.15, -0.1) is 0 Å². The Balaban J connectivity index is 2.32. The largest absolute Gasteiger partial charge is 0.493 e. The van der Waals surface area contributed by atoms with Gasteiger partial charge in [-0.05, 0) is 79.8 Å². The topological polar surface area (TPSA) is 29.5 Å². The third-order valence-corrected chi connectivity index (χ3v) is 6.44. The van der Waals surface area contributed by atoms with Gasteiger partial charge < -0.3 is 9.84 Å². The summed E-state index contributed by atoms with van der Waals surface area (Å²) in [5.74, 6) is 1.02. The van der Waals surface area contributed by atoms with Crippen LogP contribution in [0.25, 0.3) is 0 Å². The molecule has 0 bridgehead atoms. The Hall–Kier alpha value is -1.80. The van der Waals surface area contributed by atoms with E-state index in [-0.39, 0.29) is 12.0 Å². The van der Waals surface area contributed by atoms with Gasteiger partial charge >= 0.3 is 0 Å². The van der Waals surface area contributed by atoms with E-state index in [0.29, 0.717) is 0 Å². The SMILES string of the molecule is CCCCCOc1ccc(C(CC)(CC)c2ccc(CCCO)c(C)c2)cc1C. The summed E-state index contributed by atoms with van der Waals surface area (Å²) in [4.78, 5) is 0. The summed E-state index contributed by atoms with van der Waals surface area (Å²) in [6.07, 6.45) is 7.45. The van der Waals surface area contributed by atoms with Crippen molar-refractivity contribution in [3.05, 3.63) is 64.2 Å². The smallest absolute Gasteiger partial charge is 0.122 e. The van der Waals surface area contributed by atoms with Crippen LogP contribution in [0.1, 0.15) is 87.1 Å². The first kappa shape index (κ1) is 23.5. The summed E-state index contributed by atoms with van der Waals surface area (Å²) in [7, 11) is 0. The van der Waals surface area contributed by atoms with Gasteiger partial charge in [0.15, 0.2) is 0 Å². The lowest BCUT2D eigenvalue weighted by Gasteiger charge is -2.34. The number of benzene rings is 2. The average molecular weight is 397 g/mol. The van der Waals surface area contributed by atoms with Crippen molar-refractivity contribution in [2.24, 2.45) is 0 Å². The van der Waals surface area contributed by atoms with E-state index in [1.54, 1.807) is 0 Å². The highest BCUT2D eigenvalue weighted by atomic mass is 16.5. The Kier molecular flexibility index (Phi) is 9.23. The first-order chi connectivity index (χ1) is 14.0. The van der Waals surface area contributed by atoms with Crippen LogP contribution >= 0.6 is 0 Å². The molecule has 2 heteroatoms. The predicted octanol–water partition coefficient (Wildman–Crippen LogP) is 6.90. The molecule has 0 aliphatic carbocycles. The lowest BCUT2D eigenvalue weighted by molar-refractivity contribution is 0.288. The maximum Gasteiger partial charge on any atom is 0.122 e. The molecule has 0 unspecified atom stereocenters. The molecule has 1 N–H and O–H groups in total. The third kappa shape index (κ3) is 5.63. The summed E-state index contributed by atoms with van der Waals surface area (Å²) >= 11 is 0. The Labute approximate surface area is 178 Å². The molecule has 0 fully saturated rings. The van der Waals surface area contributed by atoms with E-state index < -0.39 is 0 Å². The molecule has 0 saturated carbocycles. The summed E-state index contributed by atoms with van der Waals surface area (Å²) in [6, 6.07) is 13.7. The van der Waals surface area contributed by atoms with E-state index in [1.807, 2.05) is 0 Å². The van der Waals surface area contributed by atoms with Crippen molar-refractivity contribution >= 4 is 0 Å². The van der Waals surface area contributed by atoms with Crippen molar-refractivity contribution in [2.45, 2.75) is 85.0 Å². The Morgan fingerprint density at radius 3 is 2.03 bits per heavy atom. The molecular weight excluding hydrogens is 356 g/mol. The highest BCUT2D eigenvalue weighted by Crippen LogP contribution is 2.41. The fourth-order valence-electron chi connectivity index (χ4n) is 4.42. The van der Waals surface area contributed by atoms with Gasteiger partial charge in [-0.25, -0.2) is 0 Å². The molecule has 0 atom stereocenters. The monoisotopic (exact) mass is 396 g/mol. The van der Waals surface area contributed by atoms with Crippen molar-refractivity contribution in [1.29, 1.82) is 0 Å². The molecule has 0 radical (unpaired) electrons. The van der Waals surface area contributed by atoms with Gasteiger partial charge in [0.25, 0.3) is 0 Å². The predicted molar refractivity (Wildman–Crippen MR) is 124 cm³/mol. The summed E-state index contributed by atoms with van der Waals surface area (Å²) in [6.45, 7) is 12.2. The Morgan fingerprint density at radius 1 is 0.828 bits per heavy atom. The second-order valence-electron chi connectivity index (χ2n) is 8.29. The molecule has 0 aliphatic rings. The molecule has 0 amide bonds. The fraction of sp³-hybridized carbons (Fsp3) is 0.556. The molecule has 0 spiro atoms. The number of ether oxygens (including phenoxy) is 1. The molecule has 160 valence electrons. The maximum atomic E-state index is 9.15. The van der Waals surface area contributed by atoms with Crippen LogP contribution in [-0.2, 0) is 11.8 Å². The summed E-state index contributed by atoms with van der Waals surface area (Å²) in [5.41, 5.74) is 6.69. The summed E-state index contributed by atoms with van der Waals surface area (Å²) < 4.78 is 6.03. The number of rotatable bonds is 12. The normalized spacial score (nSPS) is 11.7. The van der Waals surface area contributed by atoms with Crippen LogP contribution in [0.5, 0.6) is 5.75 Å². The average Bonchev–Trinajstić information content (AvgIpc) is 2.73. The van der Waals surface area contributed by atoms with Gasteiger partial charge in [-0.3, -0.25) is 0 Å². The van der Waals surface area contributed by atoms with Crippen LogP contribution < -0.4 is 4.74 Å². The van der Waals surface area contributed by atoms with Crippen molar-refractivity contribution in [3.63, 3.8) is 0 Å². The Morgan fingerprint density at radius 2 is 1.48 bits per heavy atom. The van der Waals surface area contributed by atoms with Crippen molar-refractivity contribution < 1.29 is 9.84 Å². The van der Waals surface area contributed by atoms with Gasteiger partial charge in [0.05, 0.1) is 6.61 Å². The Bertz CT molecular complexity index is 759. The third-order valence-electron chi connectivity index (χ3n) is 6.44. The first-order valence-corrected chi connectivity index (χ1v) is 11.5. The number of aliphatic hydroxyl groups excluding tert-OH is 1. The van der Waals surface area contributed by atoms with Crippen LogP contribution in [-0.4, -0.2) is 18.3 Å². The lowest BCUT2D eigenvalue weighted by atomic mass is 9.69. The zero-order valence-corrected chi connectivity index (χ0v) is 19.2. The number of hydrogen-bond acceptors (Lipinski definition) is 2. The minimum Gasteiger partial charge on any atom is -0.493 e. The van der Waals surface area contributed by atoms with E-state index in [2.05, 4.69) is 71.0 Å². The second-order valence-corrected chi connectivity index (χ2v) is 8.29. The number of hydrogen-bond donors (Lipinski definition) is 1. The molecular formula is C27H40O2. The van der Waals surface area contributed by atoms with Crippen molar-refractivity contribution in [2.75, 3.05) is 13.2 Å². The molecule has 0 aromatic heterocycles. The second kappa shape index (κ2) is 11.4. The van der Waals surface area contributed by atoms with Gasteiger partial charge in [0.2, 0.25) is 0 Å². The van der Waals surface area contributed by atoms with E-state index >= 15 is 0 Å². The number of aryl methyl sites for hydroxylation is 3. The highest BCUT2D eigenvalue weighted by molar-refractivity contribution is 5.47. The van der Waals surface area contributed by atoms with Crippen molar-refractivity contribution in [1.82, 2.24) is 0 Å². The standard InChI is InChI=1S/C27H40O2/c1-6-9-10-18-29-26-16-15-25(20-22(26)5)27(7-2,8-3)24-14-13-23(12-11-17-28)21(4)19-24/h13-16,19-20,28H,6-12,17-18H2,1-5H3. The van der Waals surface area contributed by atoms with E-state index in [4.69, 9.17) is 9.84 Å². The lowest BCUT2D eigenvalue weighted by Crippen LogP contribution is -2.26. The van der Waals surface area contributed by atoms with Gasteiger partial charge in [0.1, 0.15) is 5.75 Å². The van der Waals surface area contributed by atoms with Crippen LogP contribution in [0.15, 0.2) is 36.4 Å². The molecule has 2 aromatic carbocycles. The van der Waals surface area contributed by atoms with Crippen LogP contribution in [0.3, 0.4) is 0 Å². The zero-order valence-electron chi connectivity index (χ0n) is 19.2. The molecule has 0 saturated heterocycles. The fourth-order valence-corrected chi connectivity index (χ4v) is 4.42. The number of aliphatic hydroxyl groups is 1. The molecule has 2 nitrogen and oxygen atoms in total. The van der Waals surface area contributed by atoms with Gasteiger partial charge in [-0.2, -0.15) is 0 Å². The molecule has 2 rings (SSSR count).